The summed E-state index contributed by atoms with van der Waals surface area (Å²) >= 11 is 0. The zero-order chi connectivity index (χ0) is 14.5. The van der Waals surface area contributed by atoms with Gasteiger partial charge in [-0.1, -0.05) is 13.8 Å². The van der Waals surface area contributed by atoms with Crippen LogP contribution in [-0.2, 0) is 0 Å². The average molecular weight is 274 g/mol. The molecule has 2 aromatic rings. The number of nitrogens with one attached hydrogen (secondary N) is 3. The van der Waals surface area contributed by atoms with Crippen molar-refractivity contribution in [2.75, 3.05) is 17.2 Å². The van der Waals surface area contributed by atoms with Gasteiger partial charge in [0.05, 0.1) is 11.9 Å². The fourth-order valence-electron chi connectivity index (χ4n) is 1.67. The van der Waals surface area contributed by atoms with Gasteiger partial charge in [0.2, 0.25) is 5.95 Å². The summed E-state index contributed by atoms with van der Waals surface area (Å²) in [4.78, 5) is 27.7. The number of aromatic amines is 1. The summed E-state index contributed by atoms with van der Waals surface area (Å²) in [5.74, 6) is 0.861. The number of hydrogen-bond acceptors (Lipinski definition) is 5. The zero-order valence-electron chi connectivity index (χ0n) is 11.8. The Balaban J connectivity index is 2.30. The highest BCUT2D eigenvalue weighted by molar-refractivity contribution is 6.05. The fourth-order valence-corrected chi connectivity index (χ4v) is 1.67. The summed E-state index contributed by atoms with van der Waals surface area (Å²) < 4.78 is 0. The monoisotopic (exact) mass is 274 g/mol. The number of amides is 1. The van der Waals surface area contributed by atoms with Crippen LogP contribution in [0.3, 0.4) is 0 Å². The topological polar surface area (TPSA) is 95.6 Å². The Morgan fingerprint density at radius 1 is 1.40 bits per heavy atom. The van der Waals surface area contributed by atoms with Gasteiger partial charge >= 0.3 is 0 Å². The van der Waals surface area contributed by atoms with Crippen LogP contribution in [-0.4, -0.2) is 32.4 Å². The molecule has 3 N–H and O–H groups in total. The van der Waals surface area contributed by atoms with Crippen molar-refractivity contribution >= 4 is 17.5 Å². The Morgan fingerprint density at radius 3 is 2.80 bits per heavy atom. The molecule has 0 saturated heterocycles. The first-order valence-electron chi connectivity index (χ1n) is 6.53. The minimum Gasteiger partial charge on any atom is -0.382 e. The van der Waals surface area contributed by atoms with Gasteiger partial charge in [-0.25, -0.2) is 15.0 Å². The summed E-state index contributed by atoms with van der Waals surface area (Å²) in [5, 5.41) is 5.75. The van der Waals surface area contributed by atoms with E-state index in [9.17, 15) is 4.79 Å². The van der Waals surface area contributed by atoms with Gasteiger partial charge in [0, 0.05) is 24.9 Å². The van der Waals surface area contributed by atoms with E-state index in [2.05, 4.69) is 30.6 Å². The molecule has 0 spiro atoms. The van der Waals surface area contributed by atoms with Crippen molar-refractivity contribution < 1.29 is 4.79 Å². The zero-order valence-corrected chi connectivity index (χ0v) is 11.8. The Morgan fingerprint density at radius 2 is 2.20 bits per heavy atom. The van der Waals surface area contributed by atoms with Gasteiger partial charge < -0.3 is 10.3 Å². The molecule has 0 bridgehead atoms. The molecule has 106 valence electrons. The van der Waals surface area contributed by atoms with E-state index in [0.29, 0.717) is 29.7 Å². The summed E-state index contributed by atoms with van der Waals surface area (Å²) in [5.41, 5.74) is 0.933. The normalized spacial score (nSPS) is 10.6. The van der Waals surface area contributed by atoms with E-state index in [1.165, 1.54) is 0 Å². The van der Waals surface area contributed by atoms with Crippen molar-refractivity contribution in [1.29, 1.82) is 0 Å². The van der Waals surface area contributed by atoms with Crippen LogP contribution in [0, 0.1) is 0 Å². The SMILES string of the molecule is CCNc1cnc(C(C)C)nc1C(=O)Nc1ncc[nH]1. The van der Waals surface area contributed by atoms with Crippen LogP contribution in [0.2, 0.25) is 0 Å². The minimum atomic E-state index is -0.319. The Hall–Kier alpha value is -2.44. The second-order valence-corrected chi connectivity index (χ2v) is 4.57. The van der Waals surface area contributed by atoms with Crippen molar-refractivity contribution in [3.63, 3.8) is 0 Å². The lowest BCUT2D eigenvalue weighted by Crippen LogP contribution is -2.19. The summed E-state index contributed by atoms with van der Waals surface area (Å²) in [6, 6.07) is 0. The van der Waals surface area contributed by atoms with Crippen LogP contribution in [0.25, 0.3) is 0 Å². The molecule has 7 nitrogen and oxygen atoms in total. The molecule has 0 aliphatic heterocycles. The van der Waals surface area contributed by atoms with E-state index in [0.717, 1.165) is 0 Å². The molecule has 2 aromatic heterocycles. The maximum atomic E-state index is 12.3. The molecule has 0 aliphatic carbocycles. The van der Waals surface area contributed by atoms with Gasteiger partial charge in [0.1, 0.15) is 5.82 Å². The Labute approximate surface area is 117 Å². The lowest BCUT2D eigenvalue weighted by molar-refractivity contribution is 0.102. The second-order valence-electron chi connectivity index (χ2n) is 4.57. The molecule has 0 saturated carbocycles. The van der Waals surface area contributed by atoms with Crippen molar-refractivity contribution in [3.05, 3.63) is 30.1 Å². The number of carbonyl (C=O) groups is 1. The highest BCUT2D eigenvalue weighted by Crippen LogP contribution is 2.17. The molecule has 0 unspecified atom stereocenters. The highest BCUT2D eigenvalue weighted by atomic mass is 16.2. The predicted molar refractivity (Wildman–Crippen MR) is 76.8 cm³/mol. The Kier molecular flexibility index (Phi) is 4.29. The van der Waals surface area contributed by atoms with E-state index in [1.807, 2.05) is 20.8 Å². The van der Waals surface area contributed by atoms with Gasteiger partial charge in [0.15, 0.2) is 5.69 Å². The number of H-pyrrole nitrogens is 1. The van der Waals surface area contributed by atoms with Crippen LogP contribution in [0.15, 0.2) is 18.6 Å². The molecule has 20 heavy (non-hydrogen) atoms. The maximum absolute atomic E-state index is 12.3. The highest BCUT2D eigenvalue weighted by Gasteiger charge is 2.17. The number of carbonyl (C=O) groups excluding carboxylic acids is 1. The van der Waals surface area contributed by atoms with Crippen molar-refractivity contribution in [1.82, 2.24) is 19.9 Å². The quantitative estimate of drug-likeness (QED) is 0.775. The summed E-state index contributed by atoms with van der Waals surface area (Å²) in [7, 11) is 0. The van der Waals surface area contributed by atoms with E-state index in [1.54, 1.807) is 18.6 Å². The van der Waals surface area contributed by atoms with Crippen LogP contribution in [0.4, 0.5) is 11.6 Å². The Bertz CT molecular complexity index is 579. The first-order chi connectivity index (χ1) is 9.61. The van der Waals surface area contributed by atoms with E-state index < -0.39 is 0 Å². The second kappa shape index (κ2) is 6.14. The predicted octanol–water partition coefficient (Wildman–Crippen LogP) is 2.01. The van der Waals surface area contributed by atoms with Crippen LogP contribution >= 0.6 is 0 Å². The van der Waals surface area contributed by atoms with Gasteiger partial charge in [-0.15, -0.1) is 0 Å². The maximum Gasteiger partial charge on any atom is 0.278 e. The van der Waals surface area contributed by atoms with Crippen molar-refractivity contribution in [2.45, 2.75) is 26.7 Å². The van der Waals surface area contributed by atoms with Crippen molar-refractivity contribution in [2.24, 2.45) is 0 Å². The van der Waals surface area contributed by atoms with Gasteiger partial charge in [-0.2, -0.15) is 0 Å². The molecule has 0 radical (unpaired) electrons. The molecule has 0 atom stereocenters. The van der Waals surface area contributed by atoms with Gasteiger partial charge in [0.25, 0.3) is 5.91 Å². The third kappa shape index (κ3) is 3.11. The molecule has 1 amide bonds. The lowest BCUT2D eigenvalue weighted by atomic mass is 10.2. The van der Waals surface area contributed by atoms with Gasteiger partial charge in [-0.3, -0.25) is 10.1 Å². The fraction of sp³-hybridized carbons (Fsp3) is 0.385. The standard InChI is InChI=1S/C13H18N6O/c1-4-14-9-7-17-11(8(2)3)18-10(9)12(20)19-13-15-5-6-16-13/h5-8,14H,4H2,1-3H3,(H2,15,16,19,20). The van der Waals surface area contributed by atoms with E-state index in [4.69, 9.17) is 0 Å². The molecule has 2 heterocycles. The summed E-state index contributed by atoms with van der Waals surface area (Å²) in [6.07, 6.45) is 4.85. The molecule has 0 aromatic carbocycles. The number of aromatic nitrogens is 4. The molecule has 2 rings (SSSR count). The molecule has 0 fully saturated rings. The molecular weight excluding hydrogens is 256 g/mol. The van der Waals surface area contributed by atoms with Crippen LogP contribution < -0.4 is 10.6 Å². The van der Waals surface area contributed by atoms with E-state index in [-0.39, 0.29) is 11.8 Å². The third-order valence-electron chi connectivity index (χ3n) is 2.64. The number of hydrogen-bond donors (Lipinski definition) is 3. The van der Waals surface area contributed by atoms with Crippen LogP contribution in [0.1, 0.15) is 43.0 Å². The third-order valence-corrected chi connectivity index (χ3v) is 2.64. The van der Waals surface area contributed by atoms with E-state index >= 15 is 0 Å². The number of rotatable bonds is 5. The number of imidazole rings is 1. The minimum absolute atomic E-state index is 0.154. The first-order valence-corrected chi connectivity index (χ1v) is 6.53. The average Bonchev–Trinajstić information content (AvgIpc) is 2.92. The number of anilines is 2. The smallest absolute Gasteiger partial charge is 0.278 e. The molecule has 7 heteroatoms. The molecular formula is C13H18N6O. The van der Waals surface area contributed by atoms with Crippen LogP contribution in [0.5, 0.6) is 0 Å². The summed E-state index contributed by atoms with van der Waals surface area (Å²) in [6.45, 7) is 6.60. The lowest BCUT2D eigenvalue weighted by Gasteiger charge is -2.11. The largest absolute Gasteiger partial charge is 0.382 e. The molecule has 0 aliphatic rings. The van der Waals surface area contributed by atoms with Crippen molar-refractivity contribution in [3.8, 4) is 0 Å². The first kappa shape index (κ1) is 14.0. The van der Waals surface area contributed by atoms with Gasteiger partial charge in [-0.05, 0) is 6.92 Å². The number of nitrogens with zero attached hydrogens (tertiary/aromatic N) is 3.